The summed E-state index contributed by atoms with van der Waals surface area (Å²) in [6, 6.07) is 6.85. The van der Waals surface area contributed by atoms with Gasteiger partial charge < -0.3 is 5.11 Å². The van der Waals surface area contributed by atoms with E-state index < -0.39 is 0 Å². The van der Waals surface area contributed by atoms with E-state index >= 15 is 0 Å². The van der Waals surface area contributed by atoms with Crippen molar-refractivity contribution in [2.45, 2.75) is 70.6 Å². The monoisotopic (exact) mass is 288 g/mol. The van der Waals surface area contributed by atoms with Gasteiger partial charge in [0.15, 0.2) is 0 Å². The third-order valence-electron chi connectivity index (χ3n) is 5.25. The lowest BCUT2D eigenvalue weighted by molar-refractivity contribution is -0.00903. The van der Waals surface area contributed by atoms with E-state index in [0.717, 1.165) is 25.2 Å². The minimum atomic E-state index is -0.0881. The molecule has 0 bridgehead atoms. The summed E-state index contributed by atoms with van der Waals surface area (Å²) in [6.07, 6.45) is 8.43. The molecule has 0 spiro atoms. The fourth-order valence-corrected chi connectivity index (χ4v) is 4.18. The van der Waals surface area contributed by atoms with Crippen LogP contribution in [0.25, 0.3) is 0 Å². The molecule has 3 unspecified atom stereocenters. The highest BCUT2D eigenvalue weighted by atomic mass is 16.3. The first-order chi connectivity index (χ1) is 10.2. The summed E-state index contributed by atoms with van der Waals surface area (Å²) < 4.78 is 0. The number of nitrogens with zero attached hydrogens (tertiary/aromatic N) is 2. The third-order valence-corrected chi connectivity index (χ3v) is 5.25. The molecule has 116 valence electrons. The van der Waals surface area contributed by atoms with E-state index in [2.05, 4.69) is 35.0 Å². The van der Waals surface area contributed by atoms with Crippen LogP contribution >= 0.6 is 0 Å². The molecule has 2 aliphatic rings. The maximum atomic E-state index is 10.4. The third kappa shape index (κ3) is 3.64. The molecule has 21 heavy (non-hydrogen) atoms. The number of likely N-dealkylation sites (tertiary alicyclic amines) is 1. The molecule has 2 fully saturated rings. The first-order valence-corrected chi connectivity index (χ1v) is 8.59. The van der Waals surface area contributed by atoms with Crippen molar-refractivity contribution >= 4 is 0 Å². The highest BCUT2D eigenvalue weighted by molar-refractivity contribution is 5.10. The number of piperidine rings is 1. The normalized spacial score (nSPS) is 31.2. The molecule has 0 amide bonds. The van der Waals surface area contributed by atoms with Gasteiger partial charge in [-0.25, -0.2) is 0 Å². The molecule has 1 aliphatic heterocycles. The van der Waals surface area contributed by atoms with Crippen LogP contribution in [-0.2, 0) is 6.54 Å². The Labute approximate surface area is 128 Å². The molecule has 1 aromatic heterocycles. The Bertz CT molecular complexity index is 462. The topological polar surface area (TPSA) is 36.4 Å². The van der Waals surface area contributed by atoms with Crippen LogP contribution in [0.4, 0.5) is 0 Å². The maximum Gasteiger partial charge on any atom is 0.0583 e. The molecule has 0 radical (unpaired) electrons. The average Bonchev–Trinajstić information content (AvgIpc) is 2.49. The number of aliphatic hydroxyl groups excluding tert-OH is 1. The van der Waals surface area contributed by atoms with Crippen LogP contribution in [0.2, 0.25) is 0 Å². The average molecular weight is 288 g/mol. The maximum absolute atomic E-state index is 10.4. The molecule has 1 aromatic rings. The number of aryl methyl sites for hydroxylation is 1. The van der Waals surface area contributed by atoms with E-state index in [1.807, 2.05) is 0 Å². The number of aliphatic hydroxyl groups is 1. The molecule has 1 saturated heterocycles. The van der Waals surface area contributed by atoms with Crippen LogP contribution in [0.5, 0.6) is 0 Å². The van der Waals surface area contributed by atoms with Gasteiger partial charge in [-0.15, -0.1) is 0 Å². The minimum absolute atomic E-state index is 0.0881. The van der Waals surface area contributed by atoms with Gasteiger partial charge in [0, 0.05) is 24.2 Å². The van der Waals surface area contributed by atoms with E-state index in [4.69, 9.17) is 0 Å². The predicted octanol–water partition coefficient (Wildman–Crippen LogP) is 3.30. The zero-order chi connectivity index (χ0) is 14.7. The van der Waals surface area contributed by atoms with Crippen molar-refractivity contribution < 1.29 is 5.11 Å². The molecular formula is C18H28N2O. The lowest BCUT2D eigenvalue weighted by Gasteiger charge is -2.43. The molecule has 3 atom stereocenters. The van der Waals surface area contributed by atoms with Gasteiger partial charge in [0.05, 0.1) is 11.8 Å². The van der Waals surface area contributed by atoms with Crippen LogP contribution in [0, 0.1) is 12.8 Å². The van der Waals surface area contributed by atoms with Gasteiger partial charge in [-0.1, -0.05) is 25.3 Å². The van der Waals surface area contributed by atoms with Gasteiger partial charge in [-0.3, -0.25) is 9.88 Å². The van der Waals surface area contributed by atoms with Crippen molar-refractivity contribution in [2.75, 3.05) is 6.54 Å². The number of pyridine rings is 1. The lowest BCUT2D eigenvalue weighted by Crippen LogP contribution is -2.48. The van der Waals surface area contributed by atoms with Gasteiger partial charge in [-0.05, 0) is 51.3 Å². The van der Waals surface area contributed by atoms with Gasteiger partial charge in [0.1, 0.15) is 0 Å². The van der Waals surface area contributed by atoms with Crippen LogP contribution in [0.15, 0.2) is 18.2 Å². The SMILES string of the molecule is Cc1cccc(CN2CCCCC2C2CCCCC2O)n1. The first kappa shape index (κ1) is 15.0. The van der Waals surface area contributed by atoms with Crippen molar-refractivity contribution in [3.05, 3.63) is 29.6 Å². The molecule has 1 aliphatic carbocycles. The Morgan fingerprint density at radius 1 is 1.14 bits per heavy atom. The minimum Gasteiger partial charge on any atom is -0.393 e. The summed E-state index contributed by atoms with van der Waals surface area (Å²) >= 11 is 0. The summed E-state index contributed by atoms with van der Waals surface area (Å²) in [5.74, 6) is 0.476. The Kier molecular flexibility index (Phi) is 4.91. The second kappa shape index (κ2) is 6.89. The zero-order valence-electron chi connectivity index (χ0n) is 13.2. The van der Waals surface area contributed by atoms with Crippen LogP contribution < -0.4 is 0 Å². The smallest absolute Gasteiger partial charge is 0.0583 e. The van der Waals surface area contributed by atoms with Crippen LogP contribution in [0.1, 0.15) is 56.3 Å². The number of rotatable bonds is 3. The van der Waals surface area contributed by atoms with Crippen molar-refractivity contribution in [3.8, 4) is 0 Å². The number of hydrogen-bond donors (Lipinski definition) is 1. The van der Waals surface area contributed by atoms with Gasteiger partial charge >= 0.3 is 0 Å². The largest absolute Gasteiger partial charge is 0.393 e. The Morgan fingerprint density at radius 3 is 2.76 bits per heavy atom. The molecule has 1 N–H and O–H groups in total. The molecular weight excluding hydrogens is 260 g/mol. The lowest BCUT2D eigenvalue weighted by atomic mass is 9.78. The number of aromatic nitrogens is 1. The van der Waals surface area contributed by atoms with Gasteiger partial charge in [0.25, 0.3) is 0 Å². The number of hydrogen-bond acceptors (Lipinski definition) is 3. The highest BCUT2D eigenvalue weighted by Crippen LogP contribution is 2.34. The summed E-state index contributed by atoms with van der Waals surface area (Å²) in [6.45, 7) is 4.15. The Morgan fingerprint density at radius 2 is 1.95 bits per heavy atom. The van der Waals surface area contributed by atoms with Crippen molar-refractivity contribution in [3.63, 3.8) is 0 Å². The second-order valence-corrected chi connectivity index (χ2v) is 6.82. The predicted molar refractivity (Wildman–Crippen MR) is 85.0 cm³/mol. The fourth-order valence-electron chi connectivity index (χ4n) is 4.18. The summed E-state index contributed by atoms with van der Waals surface area (Å²) in [5.41, 5.74) is 2.27. The van der Waals surface area contributed by atoms with E-state index in [-0.39, 0.29) is 6.10 Å². The summed E-state index contributed by atoms with van der Waals surface area (Å²) in [5, 5.41) is 10.4. The van der Waals surface area contributed by atoms with E-state index in [9.17, 15) is 5.11 Å². The quantitative estimate of drug-likeness (QED) is 0.927. The first-order valence-electron chi connectivity index (χ1n) is 8.59. The molecule has 2 heterocycles. The highest BCUT2D eigenvalue weighted by Gasteiger charge is 2.35. The molecule has 0 aromatic carbocycles. The van der Waals surface area contributed by atoms with Gasteiger partial charge in [0.2, 0.25) is 0 Å². The van der Waals surface area contributed by atoms with Crippen molar-refractivity contribution in [2.24, 2.45) is 5.92 Å². The standard InChI is InChI=1S/C18H28N2O/c1-14-7-6-8-15(19-14)13-20-12-5-4-10-17(20)16-9-2-3-11-18(16)21/h6-8,16-18,21H,2-5,9-13H2,1H3. The van der Waals surface area contributed by atoms with Crippen molar-refractivity contribution in [1.82, 2.24) is 9.88 Å². The summed E-state index contributed by atoms with van der Waals surface area (Å²) in [7, 11) is 0. The fraction of sp³-hybridized carbons (Fsp3) is 0.722. The molecule has 1 saturated carbocycles. The van der Waals surface area contributed by atoms with E-state index in [1.165, 1.54) is 44.2 Å². The summed E-state index contributed by atoms with van der Waals surface area (Å²) in [4.78, 5) is 7.25. The van der Waals surface area contributed by atoms with E-state index in [1.54, 1.807) is 0 Å². The van der Waals surface area contributed by atoms with Gasteiger partial charge in [-0.2, -0.15) is 0 Å². The van der Waals surface area contributed by atoms with Crippen LogP contribution in [0.3, 0.4) is 0 Å². The molecule has 3 nitrogen and oxygen atoms in total. The van der Waals surface area contributed by atoms with E-state index in [0.29, 0.717) is 12.0 Å². The zero-order valence-corrected chi connectivity index (χ0v) is 13.2. The Hall–Kier alpha value is -0.930. The molecule has 3 rings (SSSR count). The molecule has 3 heteroatoms. The Balaban J connectivity index is 1.71. The van der Waals surface area contributed by atoms with Crippen LogP contribution in [-0.4, -0.2) is 33.7 Å². The van der Waals surface area contributed by atoms with Crippen molar-refractivity contribution in [1.29, 1.82) is 0 Å². The second-order valence-electron chi connectivity index (χ2n) is 6.82.